The molecule has 0 fully saturated rings. The molecule has 0 unspecified atom stereocenters. The zero-order valence-electron chi connectivity index (χ0n) is 11.3. The minimum Gasteiger partial charge on any atom is -0.495 e. The van der Waals surface area contributed by atoms with Crippen molar-refractivity contribution in [1.29, 1.82) is 0 Å². The summed E-state index contributed by atoms with van der Waals surface area (Å²) in [4.78, 5) is 11.2. The highest BCUT2D eigenvalue weighted by Gasteiger charge is 2.08. The second kappa shape index (κ2) is 6.58. The Kier molecular flexibility index (Phi) is 4.80. The standard InChI is InChI=1S/C15H14BrFN2O2/c1-21-14-5-3-10(15(18)20)7-13(14)19-8-9-2-4-11(16)12(17)6-9/h2-7,19H,8H2,1H3,(H2,18,20). The highest BCUT2D eigenvalue weighted by molar-refractivity contribution is 9.10. The lowest BCUT2D eigenvalue weighted by Crippen LogP contribution is -2.11. The average Bonchev–Trinajstić information content (AvgIpc) is 2.48. The molecule has 21 heavy (non-hydrogen) atoms. The zero-order chi connectivity index (χ0) is 15.4. The number of carbonyl (C=O) groups excluding carboxylic acids is 1. The minimum absolute atomic E-state index is 0.327. The first-order valence-electron chi connectivity index (χ1n) is 6.17. The number of amides is 1. The fourth-order valence-corrected chi connectivity index (χ4v) is 2.09. The van der Waals surface area contributed by atoms with E-state index >= 15 is 0 Å². The molecule has 0 atom stereocenters. The minimum atomic E-state index is -0.518. The van der Waals surface area contributed by atoms with Crippen LogP contribution in [0.15, 0.2) is 40.9 Å². The van der Waals surface area contributed by atoms with Crippen LogP contribution in [0.25, 0.3) is 0 Å². The molecule has 0 aromatic heterocycles. The molecule has 0 aliphatic heterocycles. The van der Waals surface area contributed by atoms with Crippen LogP contribution in [-0.4, -0.2) is 13.0 Å². The van der Waals surface area contributed by atoms with Crippen molar-refractivity contribution in [3.8, 4) is 5.75 Å². The van der Waals surface area contributed by atoms with E-state index in [4.69, 9.17) is 10.5 Å². The maximum absolute atomic E-state index is 13.5. The summed E-state index contributed by atoms with van der Waals surface area (Å²) in [6.07, 6.45) is 0. The summed E-state index contributed by atoms with van der Waals surface area (Å²) in [5.41, 5.74) is 7.02. The first-order valence-corrected chi connectivity index (χ1v) is 6.96. The van der Waals surface area contributed by atoms with Crippen molar-refractivity contribution in [2.45, 2.75) is 6.54 Å². The Hall–Kier alpha value is -2.08. The van der Waals surface area contributed by atoms with Crippen LogP contribution < -0.4 is 15.8 Å². The van der Waals surface area contributed by atoms with Crippen molar-refractivity contribution in [3.63, 3.8) is 0 Å². The van der Waals surface area contributed by atoms with Crippen LogP contribution in [0.5, 0.6) is 5.75 Å². The molecular weight excluding hydrogens is 339 g/mol. The van der Waals surface area contributed by atoms with E-state index in [2.05, 4.69) is 21.2 Å². The van der Waals surface area contributed by atoms with Gasteiger partial charge in [-0.05, 0) is 51.8 Å². The highest BCUT2D eigenvalue weighted by atomic mass is 79.9. The summed E-state index contributed by atoms with van der Waals surface area (Å²) < 4.78 is 19.1. The monoisotopic (exact) mass is 352 g/mol. The number of primary amides is 1. The first-order chi connectivity index (χ1) is 10.0. The molecule has 4 nitrogen and oxygen atoms in total. The molecule has 0 saturated carbocycles. The molecular formula is C15H14BrFN2O2. The first kappa shape index (κ1) is 15.3. The lowest BCUT2D eigenvalue weighted by atomic mass is 10.1. The summed E-state index contributed by atoms with van der Waals surface area (Å²) >= 11 is 3.11. The topological polar surface area (TPSA) is 64.3 Å². The van der Waals surface area contributed by atoms with Gasteiger partial charge in [-0.15, -0.1) is 0 Å². The number of nitrogens with two attached hydrogens (primary N) is 1. The Morgan fingerprint density at radius 3 is 2.71 bits per heavy atom. The van der Waals surface area contributed by atoms with Crippen molar-refractivity contribution in [1.82, 2.24) is 0 Å². The van der Waals surface area contributed by atoms with Crippen LogP contribution in [-0.2, 0) is 6.54 Å². The molecule has 2 rings (SSSR count). The van der Waals surface area contributed by atoms with E-state index in [1.54, 1.807) is 30.3 Å². The number of halogens is 2. The van der Waals surface area contributed by atoms with Gasteiger partial charge in [-0.1, -0.05) is 6.07 Å². The lowest BCUT2D eigenvalue weighted by molar-refractivity contribution is 0.100. The van der Waals surface area contributed by atoms with Gasteiger partial charge in [-0.25, -0.2) is 4.39 Å². The molecule has 0 bridgehead atoms. The van der Waals surface area contributed by atoms with Gasteiger partial charge in [0.15, 0.2) is 0 Å². The maximum atomic E-state index is 13.5. The van der Waals surface area contributed by atoms with Gasteiger partial charge in [0.1, 0.15) is 11.6 Å². The molecule has 2 aromatic rings. The van der Waals surface area contributed by atoms with E-state index in [0.717, 1.165) is 5.56 Å². The van der Waals surface area contributed by atoms with Gasteiger partial charge in [0.05, 0.1) is 17.3 Å². The fourth-order valence-electron chi connectivity index (χ4n) is 1.85. The Balaban J connectivity index is 2.19. The Labute approximate surface area is 130 Å². The van der Waals surface area contributed by atoms with Crippen molar-refractivity contribution >= 4 is 27.5 Å². The number of hydrogen-bond acceptors (Lipinski definition) is 3. The third-order valence-electron chi connectivity index (χ3n) is 2.95. The molecule has 0 saturated heterocycles. The third-order valence-corrected chi connectivity index (χ3v) is 3.59. The van der Waals surface area contributed by atoms with Crippen molar-refractivity contribution in [3.05, 3.63) is 57.8 Å². The van der Waals surface area contributed by atoms with Crippen molar-refractivity contribution in [2.75, 3.05) is 12.4 Å². The molecule has 0 radical (unpaired) electrons. The van der Waals surface area contributed by atoms with Gasteiger partial charge in [-0.3, -0.25) is 4.79 Å². The van der Waals surface area contributed by atoms with Gasteiger partial charge in [0.2, 0.25) is 5.91 Å². The normalized spacial score (nSPS) is 10.2. The summed E-state index contributed by atoms with van der Waals surface area (Å²) in [5.74, 6) is -0.264. The molecule has 2 aromatic carbocycles. The lowest BCUT2D eigenvalue weighted by Gasteiger charge is -2.12. The number of carbonyl (C=O) groups is 1. The van der Waals surface area contributed by atoms with E-state index in [9.17, 15) is 9.18 Å². The molecule has 0 aliphatic rings. The van der Waals surface area contributed by atoms with Gasteiger partial charge in [0, 0.05) is 12.1 Å². The molecule has 0 heterocycles. The van der Waals surface area contributed by atoms with Crippen LogP contribution in [0.2, 0.25) is 0 Å². The maximum Gasteiger partial charge on any atom is 0.248 e. The number of nitrogens with one attached hydrogen (secondary N) is 1. The van der Waals surface area contributed by atoms with Gasteiger partial charge in [-0.2, -0.15) is 0 Å². The number of benzene rings is 2. The summed E-state index contributed by atoms with van der Waals surface area (Å²) in [6, 6.07) is 9.72. The summed E-state index contributed by atoms with van der Waals surface area (Å²) in [6.45, 7) is 0.392. The molecule has 3 N–H and O–H groups in total. The Bertz CT molecular complexity index is 677. The Morgan fingerprint density at radius 1 is 1.33 bits per heavy atom. The second-order valence-corrected chi connectivity index (χ2v) is 5.24. The smallest absolute Gasteiger partial charge is 0.248 e. The molecule has 110 valence electrons. The van der Waals surface area contributed by atoms with E-state index in [1.165, 1.54) is 13.2 Å². The molecule has 1 amide bonds. The van der Waals surface area contributed by atoms with Crippen LogP contribution in [0.4, 0.5) is 10.1 Å². The van der Waals surface area contributed by atoms with Crippen LogP contribution in [0, 0.1) is 5.82 Å². The molecule has 0 aliphatic carbocycles. The van der Waals surface area contributed by atoms with E-state index in [-0.39, 0.29) is 5.82 Å². The summed E-state index contributed by atoms with van der Waals surface area (Å²) in [7, 11) is 1.53. The average molecular weight is 353 g/mol. The zero-order valence-corrected chi connectivity index (χ0v) is 12.9. The number of ether oxygens (including phenoxy) is 1. The highest BCUT2D eigenvalue weighted by Crippen LogP contribution is 2.26. The van der Waals surface area contributed by atoms with Crippen LogP contribution >= 0.6 is 15.9 Å². The SMILES string of the molecule is COc1ccc(C(N)=O)cc1NCc1ccc(Br)c(F)c1. The molecule has 0 spiro atoms. The molecule has 6 heteroatoms. The number of methoxy groups -OCH3 is 1. The second-order valence-electron chi connectivity index (χ2n) is 4.38. The summed E-state index contributed by atoms with van der Waals surface area (Å²) in [5, 5.41) is 3.11. The van der Waals surface area contributed by atoms with Crippen molar-refractivity contribution in [2.24, 2.45) is 5.73 Å². The van der Waals surface area contributed by atoms with Crippen LogP contribution in [0.3, 0.4) is 0 Å². The van der Waals surface area contributed by atoms with Gasteiger partial charge < -0.3 is 15.8 Å². The fraction of sp³-hybridized carbons (Fsp3) is 0.133. The predicted octanol–water partition coefficient (Wildman–Crippen LogP) is 3.31. The quantitative estimate of drug-likeness (QED) is 0.867. The van der Waals surface area contributed by atoms with Crippen LogP contribution in [0.1, 0.15) is 15.9 Å². The third kappa shape index (κ3) is 3.72. The van der Waals surface area contributed by atoms with Gasteiger partial charge in [0.25, 0.3) is 0 Å². The van der Waals surface area contributed by atoms with E-state index in [1.807, 2.05) is 0 Å². The van der Waals surface area contributed by atoms with Crippen molar-refractivity contribution < 1.29 is 13.9 Å². The predicted molar refractivity (Wildman–Crippen MR) is 82.9 cm³/mol. The Morgan fingerprint density at radius 2 is 2.10 bits per heavy atom. The van der Waals surface area contributed by atoms with E-state index < -0.39 is 5.91 Å². The number of rotatable bonds is 5. The van der Waals surface area contributed by atoms with Gasteiger partial charge >= 0.3 is 0 Å². The largest absolute Gasteiger partial charge is 0.495 e. The number of hydrogen-bond donors (Lipinski definition) is 2. The number of anilines is 1. The van der Waals surface area contributed by atoms with E-state index in [0.29, 0.717) is 28.0 Å².